The molecular formula is C12H12Cl3NO2. The molecule has 18 heavy (non-hydrogen) atoms. The maximum atomic E-state index is 10.8. The topological polar surface area (TPSA) is 29.5 Å². The van der Waals surface area contributed by atoms with Gasteiger partial charge in [-0.15, -0.1) is 0 Å². The molecule has 0 spiro atoms. The Balaban J connectivity index is 2.04. The number of hydrogen-bond donors (Lipinski definition) is 0. The second-order valence-electron chi connectivity index (χ2n) is 4.15. The van der Waals surface area contributed by atoms with E-state index in [1.807, 2.05) is 0 Å². The Morgan fingerprint density at radius 1 is 1.33 bits per heavy atom. The molecule has 0 aliphatic carbocycles. The Morgan fingerprint density at radius 3 is 2.61 bits per heavy atom. The van der Waals surface area contributed by atoms with Gasteiger partial charge in [0.25, 0.3) is 0 Å². The first-order valence-electron chi connectivity index (χ1n) is 5.60. The highest BCUT2D eigenvalue weighted by Crippen LogP contribution is 2.36. The minimum atomic E-state index is 0.0883. The molecule has 1 fully saturated rings. The highest BCUT2D eigenvalue weighted by molar-refractivity contribution is 6.40. The van der Waals surface area contributed by atoms with Crippen LogP contribution in [0.4, 0.5) is 0 Å². The number of carbonyl (C=O) groups excluding carboxylic acids is 1. The fourth-order valence-corrected chi connectivity index (χ4v) is 2.95. The Bertz CT molecular complexity index is 430. The summed E-state index contributed by atoms with van der Waals surface area (Å²) in [5.41, 5.74) is 0. The molecule has 0 N–H and O–H groups in total. The number of amides is 1. The molecule has 2 rings (SSSR count). The van der Waals surface area contributed by atoms with Crippen molar-refractivity contribution in [1.29, 1.82) is 0 Å². The third-order valence-electron chi connectivity index (χ3n) is 2.94. The molecule has 1 aromatic rings. The van der Waals surface area contributed by atoms with Crippen LogP contribution in [0, 0.1) is 0 Å². The molecule has 1 saturated heterocycles. The van der Waals surface area contributed by atoms with E-state index >= 15 is 0 Å². The number of benzene rings is 1. The molecule has 0 bridgehead atoms. The molecule has 1 heterocycles. The lowest BCUT2D eigenvalue weighted by molar-refractivity contribution is -0.119. The van der Waals surface area contributed by atoms with Crippen LogP contribution >= 0.6 is 34.8 Å². The Hall–Kier alpha value is -0.640. The zero-order valence-electron chi connectivity index (χ0n) is 9.54. The van der Waals surface area contributed by atoms with Gasteiger partial charge in [0.15, 0.2) is 5.75 Å². The van der Waals surface area contributed by atoms with Crippen LogP contribution in [0.1, 0.15) is 12.8 Å². The maximum Gasteiger partial charge on any atom is 0.210 e. The zero-order valence-corrected chi connectivity index (χ0v) is 11.8. The van der Waals surface area contributed by atoms with Crippen LogP contribution in [0.5, 0.6) is 5.75 Å². The van der Waals surface area contributed by atoms with E-state index in [9.17, 15) is 4.79 Å². The van der Waals surface area contributed by atoms with E-state index in [1.165, 1.54) is 0 Å². The summed E-state index contributed by atoms with van der Waals surface area (Å²) in [5, 5.41) is 1.22. The van der Waals surface area contributed by atoms with E-state index in [4.69, 9.17) is 39.5 Å². The molecule has 1 atom stereocenters. The molecule has 0 saturated carbocycles. The van der Waals surface area contributed by atoms with Crippen molar-refractivity contribution in [3.63, 3.8) is 0 Å². The van der Waals surface area contributed by atoms with Crippen LogP contribution < -0.4 is 4.74 Å². The average Bonchev–Trinajstić information content (AvgIpc) is 2.75. The van der Waals surface area contributed by atoms with Gasteiger partial charge in [0, 0.05) is 11.6 Å². The van der Waals surface area contributed by atoms with Gasteiger partial charge in [0.1, 0.15) is 6.61 Å². The SMILES string of the molecule is O=CN1CCC[C@H]1COc1c(Cl)cc(Cl)cc1Cl. The van der Waals surface area contributed by atoms with Crippen LogP contribution in [0.25, 0.3) is 0 Å². The Kier molecular flexibility index (Phi) is 4.60. The average molecular weight is 309 g/mol. The predicted octanol–water partition coefficient (Wildman–Crippen LogP) is 3.65. The van der Waals surface area contributed by atoms with Gasteiger partial charge in [-0.1, -0.05) is 34.8 Å². The lowest BCUT2D eigenvalue weighted by atomic mass is 10.2. The first-order chi connectivity index (χ1) is 8.61. The normalized spacial score (nSPS) is 19.1. The molecule has 98 valence electrons. The van der Waals surface area contributed by atoms with Crippen LogP contribution in [0.2, 0.25) is 15.1 Å². The molecule has 0 radical (unpaired) electrons. The summed E-state index contributed by atoms with van der Waals surface area (Å²) in [6.07, 6.45) is 2.78. The summed E-state index contributed by atoms with van der Waals surface area (Å²) in [6.45, 7) is 1.17. The van der Waals surface area contributed by atoms with Crippen molar-refractivity contribution in [3.8, 4) is 5.75 Å². The minimum absolute atomic E-state index is 0.0883. The van der Waals surface area contributed by atoms with Gasteiger partial charge in [-0.2, -0.15) is 0 Å². The van der Waals surface area contributed by atoms with Crippen LogP contribution in [0.15, 0.2) is 12.1 Å². The van der Waals surface area contributed by atoms with Crippen molar-refractivity contribution in [2.45, 2.75) is 18.9 Å². The maximum absolute atomic E-state index is 10.8. The molecule has 1 aromatic carbocycles. The number of likely N-dealkylation sites (tertiary alicyclic amines) is 1. The van der Waals surface area contributed by atoms with E-state index in [1.54, 1.807) is 17.0 Å². The highest BCUT2D eigenvalue weighted by Gasteiger charge is 2.24. The third-order valence-corrected chi connectivity index (χ3v) is 3.72. The second-order valence-corrected chi connectivity index (χ2v) is 5.40. The number of nitrogens with zero attached hydrogens (tertiary/aromatic N) is 1. The molecule has 0 unspecified atom stereocenters. The summed E-state index contributed by atoms with van der Waals surface area (Å²) in [7, 11) is 0. The molecular weight excluding hydrogens is 296 g/mol. The van der Waals surface area contributed by atoms with Gasteiger partial charge in [-0.3, -0.25) is 4.79 Å². The van der Waals surface area contributed by atoms with E-state index in [-0.39, 0.29) is 6.04 Å². The van der Waals surface area contributed by atoms with Crippen LogP contribution in [0.3, 0.4) is 0 Å². The van der Waals surface area contributed by atoms with Gasteiger partial charge in [0.2, 0.25) is 6.41 Å². The first kappa shape index (κ1) is 13.8. The summed E-state index contributed by atoms with van der Waals surface area (Å²) in [5.74, 6) is 0.417. The van der Waals surface area contributed by atoms with Crippen molar-refractivity contribution < 1.29 is 9.53 Å². The molecule has 1 amide bonds. The largest absolute Gasteiger partial charge is 0.488 e. The summed E-state index contributed by atoms with van der Waals surface area (Å²) < 4.78 is 5.62. The molecule has 1 aliphatic rings. The summed E-state index contributed by atoms with van der Waals surface area (Å²) in [4.78, 5) is 12.5. The van der Waals surface area contributed by atoms with Crippen molar-refractivity contribution in [2.75, 3.05) is 13.2 Å². The fraction of sp³-hybridized carbons (Fsp3) is 0.417. The highest BCUT2D eigenvalue weighted by atomic mass is 35.5. The Labute approximate surface area is 121 Å². The number of hydrogen-bond acceptors (Lipinski definition) is 2. The summed E-state index contributed by atoms with van der Waals surface area (Å²) in [6, 6.07) is 3.25. The minimum Gasteiger partial charge on any atom is -0.488 e. The van der Waals surface area contributed by atoms with E-state index in [2.05, 4.69) is 0 Å². The number of ether oxygens (including phenoxy) is 1. The van der Waals surface area contributed by atoms with Gasteiger partial charge >= 0.3 is 0 Å². The number of halogens is 3. The quantitative estimate of drug-likeness (QED) is 0.795. The van der Waals surface area contributed by atoms with E-state index in [0.717, 1.165) is 25.8 Å². The summed E-state index contributed by atoms with van der Waals surface area (Å²) >= 11 is 17.8. The van der Waals surface area contributed by atoms with Gasteiger partial charge in [-0.25, -0.2) is 0 Å². The molecule has 3 nitrogen and oxygen atoms in total. The third kappa shape index (κ3) is 3.02. The standard InChI is InChI=1S/C12H12Cl3NO2/c13-8-4-10(14)12(11(15)5-8)18-6-9-2-1-3-16(9)7-17/h4-5,7,9H,1-3,6H2/t9-/m0/s1. The lowest BCUT2D eigenvalue weighted by Gasteiger charge is -2.20. The van der Waals surface area contributed by atoms with Gasteiger partial charge < -0.3 is 9.64 Å². The lowest BCUT2D eigenvalue weighted by Crippen LogP contribution is -2.33. The van der Waals surface area contributed by atoms with Crippen molar-refractivity contribution in [3.05, 3.63) is 27.2 Å². The molecule has 1 aliphatic heterocycles. The predicted molar refractivity (Wildman–Crippen MR) is 72.8 cm³/mol. The monoisotopic (exact) mass is 307 g/mol. The van der Waals surface area contributed by atoms with Crippen molar-refractivity contribution in [1.82, 2.24) is 4.90 Å². The first-order valence-corrected chi connectivity index (χ1v) is 6.73. The van der Waals surface area contributed by atoms with Gasteiger partial charge in [0.05, 0.1) is 16.1 Å². The van der Waals surface area contributed by atoms with E-state index in [0.29, 0.717) is 27.4 Å². The number of carbonyl (C=O) groups is 1. The molecule has 6 heteroatoms. The van der Waals surface area contributed by atoms with Crippen LogP contribution in [-0.4, -0.2) is 30.5 Å². The van der Waals surface area contributed by atoms with Gasteiger partial charge in [-0.05, 0) is 25.0 Å². The zero-order chi connectivity index (χ0) is 13.1. The smallest absolute Gasteiger partial charge is 0.210 e. The van der Waals surface area contributed by atoms with E-state index < -0.39 is 0 Å². The fourth-order valence-electron chi connectivity index (χ4n) is 2.02. The second kappa shape index (κ2) is 6.00. The van der Waals surface area contributed by atoms with Crippen LogP contribution in [-0.2, 0) is 4.79 Å². The van der Waals surface area contributed by atoms with Crippen molar-refractivity contribution >= 4 is 41.2 Å². The molecule has 0 aromatic heterocycles. The van der Waals surface area contributed by atoms with Crippen molar-refractivity contribution in [2.24, 2.45) is 0 Å². The Morgan fingerprint density at radius 2 is 2.00 bits per heavy atom. The number of rotatable bonds is 4.